The van der Waals surface area contributed by atoms with E-state index in [1.165, 1.54) is 17.0 Å². The maximum absolute atomic E-state index is 14.9. The second kappa shape index (κ2) is 7.63. The predicted octanol–water partition coefficient (Wildman–Crippen LogP) is 1.86. The fourth-order valence-corrected chi connectivity index (χ4v) is 4.39. The van der Waals surface area contributed by atoms with E-state index >= 15 is 0 Å². The Labute approximate surface area is 183 Å². The maximum atomic E-state index is 14.9. The number of aromatic hydroxyl groups is 1. The van der Waals surface area contributed by atoms with Gasteiger partial charge in [0.25, 0.3) is 0 Å². The number of ether oxygens (including phenoxy) is 1. The van der Waals surface area contributed by atoms with Crippen molar-refractivity contribution in [2.24, 2.45) is 13.0 Å². The van der Waals surface area contributed by atoms with E-state index in [0.29, 0.717) is 16.8 Å². The SMILES string of the molecule is Cn1cnc(-c2ccc(-c3ccc(O[C@@H]4C5CC[C@@](C)(NC5)[C@@H]4F)nn3)c(O)c2)nc1=O. The quantitative estimate of drug-likeness (QED) is 0.634. The smallest absolute Gasteiger partial charge is 0.350 e. The van der Waals surface area contributed by atoms with Crippen molar-refractivity contribution in [2.75, 3.05) is 6.54 Å². The highest BCUT2D eigenvalue weighted by Gasteiger charge is 2.52. The van der Waals surface area contributed by atoms with Gasteiger partial charge in [0.05, 0.1) is 11.2 Å². The van der Waals surface area contributed by atoms with Crippen LogP contribution in [0.15, 0.2) is 41.5 Å². The molecule has 2 saturated heterocycles. The van der Waals surface area contributed by atoms with Gasteiger partial charge >= 0.3 is 5.69 Å². The van der Waals surface area contributed by atoms with Crippen molar-refractivity contribution >= 4 is 0 Å². The highest BCUT2D eigenvalue weighted by molar-refractivity contribution is 5.71. The lowest BCUT2D eigenvalue weighted by atomic mass is 9.70. The Bertz CT molecular complexity index is 1210. The number of nitrogens with one attached hydrogen (secondary N) is 1. The van der Waals surface area contributed by atoms with Gasteiger partial charge in [-0.15, -0.1) is 10.2 Å². The van der Waals surface area contributed by atoms with Crippen LogP contribution in [0.4, 0.5) is 4.39 Å². The monoisotopic (exact) mass is 438 g/mol. The third-order valence-corrected chi connectivity index (χ3v) is 6.45. The Balaban J connectivity index is 1.35. The summed E-state index contributed by atoms with van der Waals surface area (Å²) in [6.45, 7) is 2.62. The van der Waals surface area contributed by atoms with E-state index < -0.39 is 23.5 Å². The number of halogens is 1. The zero-order valence-corrected chi connectivity index (χ0v) is 17.7. The molecule has 2 aromatic heterocycles. The minimum atomic E-state index is -1.12. The average molecular weight is 438 g/mol. The summed E-state index contributed by atoms with van der Waals surface area (Å²) in [6.07, 6.45) is 1.40. The molecule has 3 aromatic rings. The molecular formula is C22H23FN6O3. The fourth-order valence-electron chi connectivity index (χ4n) is 4.39. The van der Waals surface area contributed by atoms with Crippen LogP contribution >= 0.6 is 0 Å². The lowest BCUT2D eigenvalue weighted by Gasteiger charge is -2.51. The van der Waals surface area contributed by atoms with Crippen molar-refractivity contribution in [3.8, 4) is 34.3 Å². The van der Waals surface area contributed by atoms with Gasteiger partial charge in [0.15, 0.2) is 12.0 Å². The molecule has 1 saturated carbocycles. The minimum Gasteiger partial charge on any atom is -0.507 e. The first-order valence-electron chi connectivity index (χ1n) is 10.5. The minimum absolute atomic E-state index is 0.0536. The molecule has 3 aliphatic rings. The molecule has 1 unspecified atom stereocenters. The Morgan fingerprint density at radius 1 is 1.28 bits per heavy atom. The molecule has 9 nitrogen and oxygen atoms in total. The van der Waals surface area contributed by atoms with Crippen LogP contribution in [0.1, 0.15) is 19.8 Å². The first kappa shape index (κ1) is 20.5. The molecule has 0 amide bonds. The van der Waals surface area contributed by atoms with Gasteiger partial charge in [-0.05, 0) is 38.0 Å². The molecule has 2 N–H and O–H groups in total. The van der Waals surface area contributed by atoms with Gasteiger partial charge in [-0.25, -0.2) is 14.2 Å². The molecule has 166 valence electrons. The van der Waals surface area contributed by atoms with Gasteiger partial charge in [-0.3, -0.25) is 4.57 Å². The number of nitrogens with zero attached hydrogens (tertiary/aromatic N) is 5. The van der Waals surface area contributed by atoms with Crippen LogP contribution in [0.2, 0.25) is 0 Å². The van der Waals surface area contributed by atoms with Crippen LogP contribution in [0, 0.1) is 5.92 Å². The van der Waals surface area contributed by atoms with E-state index in [-0.39, 0.29) is 23.4 Å². The molecule has 4 heterocycles. The topological polar surface area (TPSA) is 115 Å². The van der Waals surface area contributed by atoms with E-state index in [1.54, 1.807) is 31.3 Å². The van der Waals surface area contributed by atoms with Crippen LogP contribution in [0.3, 0.4) is 0 Å². The zero-order chi connectivity index (χ0) is 22.5. The predicted molar refractivity (Wildman–Crippen MR) is 114 cm³/mol. The molecule has 0 radical (unpaired) electrons. The Hall–Kier alpha value is -3.40. The molecule has 6 rings (SSSR count). The van der Waals surface area contributed by atoms with Gasteiger partial charge < -0.3 is 15.2 Å². The summed E-state index contributed by atoms with van der Waals surface area (Å²) in [5, 5.41) is 22.0. The largest absolute Gasteiger partial charge is 0.507 e. The van der Waals surface area contributed by atoms with E-state index in [9.17, 15) is 14.3 Å². The molecule has 1 aliphatic carbocycles. The van der Waals surface area contributed by atoms with E-state index in [1.807, 2.05) is 6.92 Å². The van der Waals surface area contributed by atoms with Crippen molar-refractivity contribution in [3.05, 3.63) is 47.1 Å². The molecule has 32 heavy (non-hydrogen) atoms. The summed E-state index contributed by atoms with van der Waals surface area (Å²) in [4.78, 5) is 19.7. The third kappa shape index (κ3) is 3.50. The first-order chi connectivity index (χ1) is 15.3. The van der Waals surface area contributed by atoms with Gasteiger partial charge in [-0.1, -0.05) is 6.07 Å². The van der Waals surface area contributed by atoms with Crippen LogP contribution in [0.25, 0.3) is 22.6 Å². The number of piperidine rings is 2. The van der Waals surface area contributed by atoms with Crippen LogP contribution < -0.4 is 15.7 Å². The number of alkyl halides is 1. The van der Waals surface area contributed by atoms with E-state index in [2.05, 4.69) is 25.5 Å². The molecule has 4 atom stereocenters. The number of benzene rings is 1. The van der Waals surface area contributed by atoms with Gasteiger partial charge in [0.1, 0.15) is 18.2 Å². The van der Waals surface area contributed by atoms with Gasteiger partial charge in [0.2, 0.25) is 5.88 Å². The highest BCUT2D eigenvalue weighted by Crippen LogP contribution is 2.40. The molecule has 2 bridgehead atoms. The maximum Gasteiger partial charge on any atom is 0.350 e. The van der Waals surface area contributed by atoms with Crippen LogP contribution in [-0.2, 0) is 7.05 Å². The van der Waals surface area contributed by atoms with E-state index in [0.717, 1.165) is 19.4 Å². The lowest BCUT2D eigenvalue weighted by Crippen LogP contribution is -2.68. The Morgan fingerprint density at radius 2 is 2.12 bits per heavy atom. The number of hydrogen-bond acceptors (Lipinski definition) is 8. The molecule has 1 aromatic carbocycles. The van der Waals surface area contributed by atoms with Crippen LogP contribution in [0.5, 0.6) is 11.6 Å². The summed E-state index contributed by atoms with van der Waals surface area (Å²) >= 11 is 0. The second-order valence-corrected chi connectivity index (χ2v) is 8.64. The van der Waals surface area contributed by atoms with Crippen LogP contribution in [-0.4, -0.2) is 54.2 Å². The summed E-state index contributed by atoms with van der Waals surface area (Å²) in [5.74, 6) is 0.516. The highest BCUT2D eigenvalue weighted by atomic mass is 19.1. The van der Waals surface area contributed by atoms with Crippen molar-refractivity contribution in [3.63, 3.8) is 0 Å². The number of aromatic nitrogens is 5. The van der Waals surface area contributed by atoms with Crippen molar-refractivity contribution in [1.82, 2.24) is 30.0 Å². The third-order valence-electron chi connectivity index (χ3n) is 6.45. The normalized spacial score (nSPS) is 26.8. The number of aryl methyl sites for hydroxylation is 1. The summed E-state index contributed by atoms with van der Waals surface area (Å²) in [7, 11) is 1.56. The fraction of sp³-hybridized carbons (Fsp3) is 0.409. The van der Waals surface area contributed by atoms with E-state index in [4.69, 9.17) is 4.74 Å². The number of phenols is 1. The number of fused-ring (bicyclic) bond motifs is 3. The molecule has 0 spiro atoms. The standard InChI is InChI=1S/C22H23FN6O3/c1-22-8-7-13(10-25-22)18(19(22)23)32-17-6-5-15(27-28-17)14-4-3-12(9-16(14)30)20-24-11-29(2)21(31)26-20/h3-6,9,11,13,18-19,25,30H,7-8,10H2,1-2H3/t13?,18-,19-,22-/m1/s1. The molecule has 10 heteroatoms. The average Bonchev–Trinajstić information content (AvgIpc) is 2.79. The Morgan fingerprint density at radius 3 is 2.78 bits per heavy atom. The number of rotatable bonds is 4. The van der Waals surface area contributed by atoms with Gasteiger partial charge in [0, 0.05) is 36.7 Å². The number of phenolic OH excluding ortho intramolecular Hbond substituents is 1. The summed E-state index contributed by atoms with van der Waals surface area (Å²) < 4.78 is 22.1. The Kier molecular flexibility index (Phi) is 4.89. The zero-order valence-electron chi connectivity index (χ0n) is 17.7. The number of hydrogen-bond donors (Lipinski definition) is 2. The summed E-state index contributed by atoms with van der Waals surface area (Å²) in [6, 6.07) is 8.11. The lowest BCUT2D eigenvalue weighted by molar-refractivity contribution is -0.0729. The van der Waals surface area contributed by atoms with Crippen molar-refractivity contribution in [1.29, 1.82) is 0 Å². The molecule has 3 fully saturated rings. The first-order valence-corrected chi connectivity index (χ1v) is 10.5. The van der Waals surface area contributed by atoms with Crippen molar-refractivity contribution < 1.29 is 14.2 Å². The second-order valence-electron chi connectivity index (χ2n) is 8.64. The molecule has 2 aliphatic heterocycles. The summed E-state index contributed by atoms with van der Waals surface area (Å²) in [5.41, 5.74) is 0.384. The van der Waals surface area contributed by atoms with Gasteiger partial charge in [-0.2, -0.15) is 4.98 Å². The van der Waals surface area contributed by atoms with Crippen molar-refractivity contribution in [2.45, 2.75) is 37.6 Å². The molecular weight excluding hydrogens is 415 g/mol.